The second kappa shape index (κ2) is 5.28. The lowest BCUT2D eigenvalue weighted by Gasteiger charge is -2.30. The molecule has 1 saturated carbocycles. The molecule has 0 spiro atoms. The summed E-state index contributed by atoms with van der Waals surface area (Å²) in [6.07, 6.45) is 4.07. The van der Waals surface area contributed by atoms with E-state index in [9.17, 15) is 9.90 Å². The number of aliphatic hydroxyl groups is 1. The molecule has 0 unspecified atom stereocenters. The first-order chi connectivity index (χ1) is 10.7. The van der Waals surface area contributed by atoms with Crippen LogP contribution in [-0.2, 0) is 4.79 Å². The number of aromatic nitrogens is 2. The third-order valence-corrected chi connectivity index (χ3v) is 4.65. The van der Waals surface area contributed by atoms with Crippen molar-refractivity contribution in [1.29, 1.82) is 0 Å². The zero-order valence-electron chi connectivity index (χ0n) is 12.3. The first-order valence-electron chi connectivity index (χ1n) is 7.94. The maximum Gasteiger partial charge on any atom is 0.243 e. The lowest BCUT2D eigenvalue weighted by atomic mass is 10.1. The van der Waals surface area contributed by atoms with Crippen molar-refractivity contribution < 1.29 is 9.90 Å². The highest BCUT2D eigenvalue weighted by Gasteiger charge is 2.33. The van der Waals surface area contributed by atoms with Gasteiger partial charge in [0.05, 0.1) is 11.0 Å². The smallest absolute Gasteiger partial charge is 0.243 e. The Hall–Kier alpha value is -2.08. The number of para-hydroxylation sites is 2. The zero-order chi connectivity index (χ0) is 15.1. The summed E-state index contributed by atoms with van der Waals surface area (Å²) in [6.45, 7) is 0. The lowest BCUT2D eigenvalue weighted by molar-refractivity contribution is -0.126. The van der Waals surface area contributed by atoms with Gasteiger partial charge in [0.2, 0.25) is 11.9 Å². The summed E-state index contributed by atoms with van der Waals surface area (Å²) in [5, 5.41) is 16.1. The van der Waals surface area contributed by atoms with Crippen LogP contribution in [0.4, 0.5) is 5.95 Å². The van der Waals surface area contributed by atoms with Gasteiger partial charge in [-0.1, -0.05) is 25.0 Å². The number of hydrogen-bond acceptors (Lipinski definition) is 4. The second-order valence-corrected chi connectivity index (χ2v) is 6.20. The molecule has 1 aliphatic carbocycles. The molecule has 1 fully saturated rings. The van der Waals surface area contributed by atoms with Gasteiger partial charge in [-0.25, -0.2) is 4.98 Å². The highest BCUT2D eigenvalue weighted by molar-refractivity contribution is 5.86. The summed E-state index contributed by atoms with van der Waals surface area (Å²) < 4.78 is 1.91. The van der Waals surface area contributed by atoms with Gasteiger partial charge in [0.25, 0.3) is 0 Å². The number of fused-ring (bicyclic) bond motifs is 3. The number of nitrogens with one attached hydrogen (secondary N) is 2. The van der Waals surface area contributed by atoms with E-state index < -0.39 is 12.3 Å². The Morgan fingerprint density at radius 2 is 2.09 bits per heavy atom. The third kappa shape index (κ3) is 2.23. The fourth-order valence-electron chi connectivity index (χ4n) is 3.58. The quantitative estimate of drug-likeness (QED) is 0.790. The predicted molar refractivity (Wildman–Crippen MR) is 83.4 cm³/mol. The molecule has 1 aliphatic heterocycles. The van der Waals surface area contributed by atoms with Crippen molar-refractivity contribution in [2.24, 2.45) is 0 Å². The number of hydrogen-bond donors (Lipinski definition) is 3. The number of benzene rings is 1. The molecule has 4 rings (SSSR count). The van der Waals surface area contributed by atoms with Crippen LogP contribution >= 0.6 is 0 Å². The van der Waals surface area contributed by atoms with Gasteiger partial charge in [-0.05, 0) is 25.0 Å². The van der Waals surface area contributed by atoms with Gasteiger partial charge in [0.15, 0.2) is 0 Å². The molecule has 22 heavy (non-hydrogen) atoms. The van der Waals surface area contributed by atoms with Crippen molar-refractivity contribution in [1.82, 2.24) is 14.9 Å². The average molecular weight is 300 g/mol. The molecule has 1 aromatic carbocycles. The number of aliphatic hydroxyl groups excluding tert-OH is 1. The average Bonchev–Trinajstić information content (AvgIpc) is 3.12. The molecule has 2 aromatic rings. The van der Waals surface area contributed by atoms with E-state index in [0.29, 0.717) is 12.4 Å². The lowest BCUT2D eigenvalue weighted by Crippen LogP contribution is -2.43. The molecule has 1 aromatic heterocycles. The molecule has 0 saturated heterocycles. The van der Waals surface area contributed by atoms with Crippen LogP contribution in [0.25, 0.3) is 11.0 Å². The molecular weight excluding hydrogens is 280 g/mol. The Balaban J connectivity index is 1.69. The van der Waals surface area contributed by atoms with Gasteiger partial charge < -0.3 is 15.7 Å². The molecule has 0 radical (unpaired) electrons. The highest BCUT2D eigenvalue weighted by atomic mass is 16.3. The van der Waals surface area contributed by atoms with Crippen molar-refractivity contribution in [2.45, 2.75) is 50.4 Å². The Morgan fingerprint density at radius 3 is 2.91 bits per heavy atom. The molecule has 116 valence electrons. The summed E-state index contributed by atoms with van der Waals surface area (Å²) in [5.41, 5.74) is 1.75. The molecule has 2 aliphatic rings. The van der Waals surface area contributed by atoms with E-state index in [1.54, 1.807) is 0 Å². The topological polar surface area (TPSA) is 79.2 Å². The third-order valence-electron chi connectivity index (χ3n) is 4.65. The van der Waals surface area contributed by atoms with E-state index in [-0.39, 0.29) is 11.9 Å². The van der Waals surface area contributed by atoms with Crippen LogP contribution in [0.5, 0.6) is 0 Å². The van der Waals surface area contributed by atoms with Crippen LogP contribution < -0.4 is 10.6 Å². The maximum absolute atomic E-state index is 12.7. The van der Waals surface area contributed by atoms with E-state index in [2.05, 4.69) is 15.6 Å². The summed E-state index contributed by atoms with van der Waals surface area (Å²) >= 11 is 0. The molecule has 2 atom stereocenters. The Kier molecular flexibility index (Phi) is 3.26. The molecular formula is C16H20N4O2. The Bertz CT molecular complexity index is 705. The fraction of sp³-hybridized carbons (Fsp3) is 0.500. The summed E-state index contributed by atoms with van der Waals surface area (Å²) in [5.74, 6) is 0.545. The number of imidazole rings is 1. The number of nitrogens with zero attached hydrogens (tertiary/aromatic N) is 2. The fourth-order valence-corrected chi connectivity index (χ4v) is 3.58. The van der Waals surface area contributed by atoms with Crippen LogP contribution in [0.15, 0.2) is 24.3 Å². The second-order valence-electron chi connectivity index (χ2n) is 6.20. The highest BCUT2D eigenvalue weighted by Crippen LogP contribution is 2.32. The first-order valence-corrected chi connectivity index (χ1v) is 7.94. The predicted octanol–water partition coefficient (Wildman–Crippen LogP) is 1.77. The molecule has 0 bridgehead atoms. The van der Waals surface area contributed by atoms with Gasteiger partial charge in [-0.2, -0.15) is 0 Å². The SMILES string of the molecule is O=C(NC1CCCC1)[C@@H]1C[C@H](O)Nc2nc3ccccc3n21. The van der Waals surface area contributed by atoms with E-state index in [1.165, 1.54) is 12.8 Å². The van der Waals surface area contributed by atoms with Crippen LogP contribution in [0.1, 0.15) is 38.1 Å². The number of anilines is 1. The number of carbonyl (C=O) groups is 1. The van der Waals surface area contributed by atoms with E-state index in [0.717, 1.165) is 23.9 Å². The summed E-state index contributed by atoms with van der Waals surface area (Å²) in [4.78, 5) is 17.2. The largest absolute Gasteiger partial charge is 0.374 e. The monoisotopic (exact) mass is 300 g/mol. The van der Waals surface area contributed by atoms with Gasteiger partial charge >= 0.3 is 0 Å². The zero-order valence-corrected chi connectivity index (χ0v) is 12.3. The minimum absolute atomic E-state index is 0.0168. The molecule has 1 amide bonds. The van der Waals surface area contributed by atoms with Crippen LogP contribution in [0.3, 0.4) is 0 Å². The van der Waals surface area contributed by atoms with Gasteiger partial charge in [0, 0.05) is 12.5 Å². The Morgan fingerprint density at radius 1 is 1.32 bits per heavy atom. The van der Waals surface area contributed by atoms with E-state index >= 15 is 0 Å². The van der Waals surface area contributed by atoms with Crippen LogP contribution in [-0.4, -0.2) is 32.8 Å². The minimum Gasteiger partial charge on any atom is -0.374 e. The molecule has 3 N–H and O–H groups in total. The summed E-state index contributed by atoms with van der Waals surface area (Å²) in [6, 6.07) is 7.60. The van der Waals surface area contributed by atoms with Crippen LogP contribution in [0.2, 0.25) is 0 Å². The molecule has 6 nitrogen and oxygen atoms in total. The maximum atomic E-state index is 12.7. The Labute approximate surface area is 128 Å². The minimum atomic E-state index is -0.747. The van der Waals surface area contributed by atoms with Crippen molar-refractivity contribution in [2.75, 3.05) is 5.32 Å². The standard InChI is InChI=1S/C16H20N4O2/c21-14-9-13(15(22)17-10-5-1-2-6-10)20-12-8-4-3-7-11(12)18-16(20)19-14/h3-4,7-8,10,13-14,21H,1-2,5-6,9H2,(H,17,22)(H,18,19)/t13-,14-/m0/s1. The molecule has 6 heteroatoms. The van der Waals surface area contributed by atoms with Crippen LogP contribution in [0, 0.1) is 0 Å². The normalized spacial score (nSPS) is 25.0. The van der Waals surface area contributed by atoms with Crippen molar-refractivity contribution in [3.8, 4) is 0 Å². The van der Waals surface area contributed by atoms with E-state index in [1.807, 2.05) is 28.8 Å². The number of carbonyl (C=O) groups excluding carboxylic acids is 1. The van der Waals surface area contributed by atoms with Crippen molar-refractivity contribution >= 4 is 22.9 Å². The van der Waals surface area contributed by atoms with Gasteiger partial charge in [-0.3, -0.25) is 9.36 Å². The first kappa shape index (κ1) is 13.6. The van der Waals surface area contributed by atoms with Crippen molar-refractivity contribution in [3.05, 3.63) is 24.3 Å². The van der Waals surface area contributed by atoms with Gasteiger partial charge in [-0.15, -0.1) is 0 Å². The number of rotatable bonds is 2. The molecule has 2 heterocycles. The summed E-state index contributed by atoms with van der Waals surface area (Å²) in [7, 11) is 0. The van der Waals surface area contributed by atoms with E-state index in [4.69, 9.17) is 0 Å². The van der Waals surface area contributed by atoms with Gasteiger partial charge in [0.1, 0.15) is 12.3 Å². The van der Waals surface area contributed by atoms with Crippen molar-refractivity contribution in [3.63, 3.8) is 0 Å². The number of amides is 1.